The monoisotopic (exact) mass is 195 g/mol. The fourth-order valence-corrected chi connectivity index (χ4v) is 1.48. The molecule has 0 saturated carbocycles. The number of benzene rings is 1. The van der Waals surface area contributed by atoms with Gasteiger partial charge >= 0.3 is 0 Å². The lowest BCUT2D eigenvalue weighted by atomic mass is 10.3. The Bertz CT molecular complexity index is 348. The molecule has 68 valence electrons. The van der Waals surface area contributed by atoms with E-state index in [9.17, 15) is 0 Å². The van der Waals surface area contributed by atoms with E-state index in [-0.39, 0.29) is 0 Å². The molecule has 0 bridgehead atoms. The van der Waals surface area contributed by atoms with Gasteiger partial charge in [-0.05, 0) is 18.2 Å². The molecule has 13 heavy (non-hydrogen) atoms. The molecule has 4 heteroatoms. The van der Waals surface area contributed by atoms with Crippen LogP contribution in [0.25, 0.3) is 0 Å². The predicted octanol–water partition coefficient (Wildman–Crippen LogP) is 1.82. The fraction of sp³-hybridized carbons (Fsp3) is 0.222. The largest absolute Gasteiger partial charge is 0.386 e. The van der Waals surface area contributed by atoms with Crippen molar-refractivity contribution in [1.29, 1.82) is 0 Å². The highest BCUT2D eigenvalue weighted by Crippen LogP contribution is 2.21. The summed E-state index contributed by atoms with van der Waals surface area (Å²) in [6, 6.07) is 7.59. The van der Waals surface area contributed by atoms with E-state index in [1.165, 1.54) is 0 Å². The number of hydrogen-bond acceptors (Lipinski definition) is 3. The second kappa shape index (κ2) is 3.26. The van der Waals surface area contributed by atoms with E-state index in [0.717, 1.165) is 23.7 Å². The van der Waals surface area contributed by atoms with Crippen LogP contribution in [0.3, 0.4) is 0 Å². The maximum absolute atomic E-state index is 5.85. The summed E-state index contributed by atoms with van der Waals surface area (Å²) in [7, 11) is 0. The molecule has 1 aromatic rings. The molecule has 0 aliphatic carbocycles. The Morgan fingerprint density at radius 3 is 2.92 bits per heavy atom. The van der Waals surface area contributed by atoms with Gasteiger partial charge in [0, 0.05) is 18.0 Å². The van der Waals surface area contributed by atoms with Crippen LogP contribution in [0.2, 0.25) is 5.02 Å². The molecule has 0 aromatic heterocycles. The Balaban J connectivity index is 2.26. The molecular formula is C9H10ClN3. The van der Waals surface area contributed by atoms with E-state index < -0.39 is 0 Å². The number of hydrazone groups is 1. The van der Waals surface area contributed by atoms with Crippen LogP contribution in [0.4, 0.5) is 5.69 Å². The van der Waals surface area contributed by atoms with Crippen molar-refractivity contribution in [3.05, 3.63) is 29.3 Å². The smallest absolute Gasteiger partial charge is 0.122 e. The minimum Gasteiger partial charge on any atom is -0.386 e. The third kappa shape index (κ3) is 1.75. The summed E-state index contributed by atoms with van der Waals surface area (Å²) in [6.07, 6.45) is 0.826. The van der Waals surface area contributed by atoms with Gasteiger partial charge in [0.15, 0.2) is 0 Å². The van der Waals surface area contributed by atoms with Gasteiger partial charge in [0.2, 0.25) is 0 Å². The number of anilines is 1. The molecule has 2 rings (SSSR count). The first kappa shape index (κ1) is 8.38. The van der Waals surface area contributed by atoms with Crippen molar-refractivity contribution in [3.63, 3.8) is 0 Å². The number of hydrogen-bond donors (Lipinski definition) is 1. The highest BCUT2D eigenvalue weighted by atomic mass is 35.5. The molecule has 0 unspecified atom stereocenters. The zero-order valence-corrected chi connectivity index (χ0v) is 7.83. The summed E-state index contributed by atoms with van der Waals surface area (Å²) >= 11 is 5.85. The van der Waals surface area contributed by atoms with Crippen LogP contribution in [0.1, 0.15) is 6.42 Å². The first-order valence-corrected chi connectivity index (χ1v) is 4.49. The van der Waals surface area contributed by atoms with Gasteiger partial charge in [-0.25, -0.2) is 0 Å². The summed E-state index contributed by atoms with van der Waals surface area (Å²) in [4.78, 5) is 0. The third-order valence-electron chi connectivity index (χ3n) is 1.94. The highest BCUT2D eigenvalue weighted by molar-refractivity contribution is 6.30. The minimum atomic E-state index is 0.681. The van der Waals surface area contributed by atoms with Gasteiger partial charge in [0.25, 0.3) is 0 Å². The Morgan fingerprint density at radius 1 is 1.46 bits per heavy atom. The zero-order chi connectivity index (χ0) is 9.26. The van der Waals surface area contributed by atoms with Gasteiger partial charge in [-0.2, -0.15) is 5.10 Å². The predicted molar refractivity (Wildman–Crippen MR) is 55.0 cm³/mol. The van der Waals surface area contributed by atoms with Crippen molar-refractivity contribution >= 4 is 23.1 Å². The minimum absolute atomic E-state index is 0.681. The molecule has 0 radical (unpaired) electrons. The first-order valence-electron chi connectivity index (χ1n) is 4.12. The lowest BCUT2D eigenvalue weighted by Crippen LogP contribution is -2.11. The number of amidine groups is 1. The molecule has 1 aliphatic rings. The van der Waals surface area contributed by atoms with Crippen molar-refractivity contribution < 1.29 is 0 Å². The van der Waals surface area contributed by atoms with Crippen molar-refractivity contribution in [1.82, 2.24) is 0 Å². The lowest BCUT2D eigenvalue weighted by molar-refractivity contribution is 0.922. The fourth-order valence-electron chi connectivity index (χ4n) is 1.30. The zero-order valence-electron chi connectivity index (χ0n) is 7.07. The molecule has 2 N–H and O–H groups in total. The Morgan fingerprint density at radius 2 is 2.31 bits per heavy atom. The van der Waals surface area contributed by atoms with E-state index in [4.69, 9.17) is 17.3 Å². The maximum atomic E-state index is 5.85. The van der Waals surface area contributed by atoms with Crippen LogP contribution in [0.5, 0.6) is 0 Å². The normalized spacial score (nSPS) is 16.1. The first-order chi connectivity index (χ1) is 6.25. The molecule has 1 aliphatic heterocycles. The summed E-state index contributed by atoms with van der Waals surface area (Å²) in [5.74, 6) is 0.681. The Labute approximate surface area is 81.8 Å². The van der Waals surface area contributed by atoms with Crippen LogP contribution >= 0.6 is 11.6 Å². The molecule has 1 heterocycles. The van der Waals surface area contributed by atoms with Crippen LogP contribution in [0, 0.1) is 0 Å². The molecular weight excluding hydrogens is 186 g/mol. The number of nitrogens with two attached hydrogens (primary N) is 1. The summed E-state index contributed by atoms with van der Waals surface area (Å²) in [5.41, 5.74) is 6.57. The topological polar surface area (TPSA) is 41.6 Å². The van der Waals surface area contributed by atoms with Gasteiger partial charge in [-0.1, -0.05) is 17.7 Å². The summed E-state index contributed by atoms with van der Waals surface area (Å²) in [6.45, 7) is 0.839. The van der Waals surface area contributed by atoms with Gasteiger partial charge in [-0.3, -0.25) is 5.01 Å². The molecule has 0 spiro atoms. The Hall–Kier alpha value is -1.22. The van der Waals surface area contributed by atoms with E-state index in [1.807, 2.05) is 29.3 Å². The average molecular weight is 196 g/mol. The van der Waals surface area contributed by atoms with Gasteiger partial charge < -0.3 is 5.73 Å². The number of nitrogens with zero attached hydrogens (tertiary/aromatic N) is 2. The average Bonchev–Trinajstić information content (AvgIpc) is 2.52. The van der Waals surface area contributed by atoms with E-state index >= 15 is 0 Å². The standard InChI is InChI=1S/C9H10ClN3/c10-7-2-1-3-8(6-7)13-5-4-9(11)12-13/h1-3,6H,4-5H2,(H2,11,12). The Kier molecular flexibility index (Phi) is 2.10. The summed E-state index contributed by atoms with van der Waals surface area (Å²) < 4.78 is 0. The second-order valence-corrected chi connectivity index (χ2v) is 3.38. The van der Waals surface area contributed by atoms with Crippen LogP contribution in [0.15, 0.2) is 29.4 Å². The van der Waals surface area contributed by atoms with Crippen molar-refractivity contribution in [2.24, 2.45) is 10.8 Å². The highest BCUT2D eigenvalue weighted by Gasteiger charge is 2.12. The van der Waals surface area contributed by atoms with Gasteiger partial charge in [0.05, 0.1) is 5.69 Å². The lowest BCUT2D eigenvalue weighted by Gasteiger charge is -2.12. The molecule has 0 atom stereocenters. The van der Waals surface area contributed by atoms with Crippen LogP contribution in [-0.2, 0) is 0 Å². The number of halogens is 1. The molecule has 1 aromatic carbocycles. The van der Waals surface area contributed by atoms with Gasteiger partial charge in [0.1, 0.15) is 5.84 Å². The molecule has 0 saturated heterocycles. The summed E-state index contributed by atoms with van der Waals surface area (Å²) in [5, 5.41) is 6.75. The molecule has 0 fully saturated rings. The third-order valence-corrected chi connectivity index (χ3v) is 2.17. The van der Waals surface area contributed by atoms with Crippen LogP contribution < -0.4 is 10.7 Å². The quantitative estimate of drug-likeness (QED) is 0.743. The van der Waals surface area contributed by atoms with Crippen molar-refractivity contribution in [3.8, 4) is 0 Å². The van der Waals surface area contributed by atoms with Crippen LogP contribution in [-0.4, -0.2) is 12.4 Å². The van der Waals surface area contributed by atoms with E-state index in [0.29, 0.717) is 5.84 Å². The maximum Gasteiger partial charge on any atom is 0.122 e. The van der Waals surface area contributed by atoms with Crippen molar-refractivity contribution in [2.45, 2.75) is 6.42 Å². The second-order valence-electron chi connectivity index (χ2n) is 2.94. The number of rotatable bonds is 1. The van der Waals surface area contributed by atoms with Gasteiger partial charge in [-0.15, -0.1) is 0 Å². The van der Waals surface area contributed by atoms with E-state index in [2.05, 4.69) is 5.10 Å². The van der Waals surface area contributed by atoms with E-state index in [1.54, 1.807) is 0 Å². The van der Waals surface area contributed by atoms with Crippen molar-refractivity contribution in [2.75, 3.05) is 11.6 Å². The SMILES string of the molecule is NC1=NN(c2cccc(Cl)c2)CC1. The molecule has 3 nitrogen and oxygen atoms in total. The molecule has 0 amide bonds.